The highest BCUT2D eigenvalue weighted by Crippen LogP contribution is 2.21. The van der Waals surface area contributed by atoms with Crippen LogP contribution in [0.1, 0.15) is 67.2 Å². The Bertz CT molecular complexity index is 228. The van der Waals surface area contributed by atoms with Gasteiger partial charge in [0, 0.05) is 23.7 Å². The molecule has 1 aliphatic heterocycles. The van der Waals surface area contributed by atoms with Crippen molar-refractivity contribution in [2.45, 2.75) is 84.3 Å². The molecule has 0 saturated carbocycles. The maximum absolute atomic E-state index is 3.83. The molecule has 1 heterocycles. The van der Waals surface area contributed by atoms with Gasteiger partial charge in [-0.2, -0.15) is 0 Å². The van der Waals surface area contributed by atoms with Gasteiger partial charge in [0.1, 0.15) is 0 Å². The summed E-state index contributed by atoms with van der Waals surface area (Å²) in [5.41, 5.74) is 0.622. The smallest absolute Gasteiger partial charge is 0.0125 e. The molecule has 1 N–H and O–H groups in total. The molecule has 1 unspecified atom stereocenters. The second-order valence-electron chi connectivity index (χ2n) is 7.17. The van der Waals surface area contributed by atoms with Gasteiger partial charge in [-0.1, -0.05) is 6.92 Å². The lowest BCUT2D eigenvalue weighted by molar-refractivity contribution is 0.141. The second kappa shape index (κ2) is 5.71. The zero-order chi connectivity index (χ0) is 13.1. The van der Waals surface area contributed by atoms with Gasteiger partial charge in [-0.05, 0) is 66.8 Å². The van der Waals surface area contributed by atoms with Gasteiger partial charge in [0.2, 0.25) is 0 Å². The molecule has 102 valence electrons. The molecule has 1 saturated heterocycles. The van der Waals surface area contributed by atoms with Crippen LogP contribution in [-0.4, -0.2) is 35.1 Å². The Morgan fingerprint density at radius 2 is 1.71 bits per heavy atom. The van der Waals surface area contributed by atoms with Crippen LogP contribution in [-0.2, 0) is 0 Å². The summed E-state index contributed by atoms with van der Waals surface area (Å²) in [6.07, 6.45) is 5.15. The number of likely N-dealkylation sites (tertiary alicyclic amines) is 1. The molecular weight excluding hydrogens is 208 g/mol. The lowest BCUT2D eigenvalue weighted by Gasteiger charge is -2.35. The highest BCUT2D eigenvalue weighted by molar-refractivity contribution is 4.86. The summed E-state index contributed by atoms with van der Waals surface area (Å²) in [5.74, 6) is 0. The third-order valence-corrected chi connectivity index (χ3v) is 4.16. The van der Waals surface area contributed by atoms with E-state index in [0.29, 0.717) is 17.1 Å². The van der Waals surface area contributed by atoms with E-state index < -0.39 is 0 Å². The summed E-state index contributed by atoms with van der Waals surface area (Å²) in [4.78, 5) is 2.63. The highest BCUT2D eigenvalue weighted by Gasteiger charge is 2.27. The van der Waals surface area contributed by atoms with Gasteiger partial charge in [0.25, 0.3) is 0 Å². The first-order valence-electron chi connectivity index (χ1n) is 7.27. The van der Waals surface area contributed by atoms with Crippen molar-refractivity contribution in [3.05, 3.63) is 0 Å². The Kier molecular flexibility index (Phi) is 5.03. The highest BCUT2D eigenvalue weighted by atomic mass is 15.2. The topological polar surface area (TPSA) is 15.3 Å². The van der Waals surface area contributed by atoms with Gasteiger partial charge >= 0.3 is 0 Å². The fraction of sp³-hybridized carbons (Fsp3) is 1.00. The fourth-order valence-corrected chi connectivity index (χ4v) is 2.57. The van der Waals surface area contributed by atoms with Crippen LogP contribution in [0.2, 0.25) is 0 Å². The van der Waals surface area contributed by atoms with Crippen molar-refractivity contribution in [3.63, 3.8) is 0 Å². The van der Waals surface area contributed by atoms with Crippen molar-refractivity contribution in [3.8, 4) is 0 Å². The first kappa shape index (κ1) is 15.0. The third kappa shape index (κ3) is 4.97. The van der Waals surface area contributed by atoms with Gasteiger partial charge in [-0.15, -0.1) is 0 Å². The second-order valence-corrected chi connectivity index (χ2v) is 7.17. The van der Waals surface area contributed by atoms with E-state index >= 15 is 0 Å². The van der Waals surface area contributed by atoms with Crippen LogP contribution in [0.3, 0.4) is 0 Å². The Labute approximate surface area is 108 Å². The third-order valence-electron chi connectivity index (χ3n) is 4.16. The van der Waals surface area contributed by atoms with Crippen molar-refractivity contribution in [2.75, 3.05) is 13.1 Å². The van der Waals surface area contributed by atoms with E-state index in [2.05, 4.69) is 51.8 Å². The number of hydrogen-bond acceptors (Lipinski definition) is 2. The minimum atomic E-state index is 0.293. The van der Waals surface area contributed by atoms with Gasteiger partial charge in [0.05, 0.1) is 0 Å². The largest absolute Gasteiger partial charge is 0.309 e. The molecule has 0 aromatic rings. The summed E-state index contributed by atoms with van der Waals surface area (Å²) >= 11 is 0. The zero-order valence-corrected chi connectivity index (χ0v) is 12.8. The summed E-state index contributed by atoms with van der Waals surface area (Å²) in [6, 6.07) is 0.706. The maximum atomic E-state index is 3.83. The van der Waals surface area contributed by atoms with Crippen LogP contribution >= 0.6 is 0 Å². The summed E-state index contributed by atoms with van der Waals surface area (Å²) in [7, 11) is 0. The summed E-state index contributed by atoms with van der Waals surface area (Å²) in [6.45, 7) is 16.4. The predicted molar refractivity (Wildman–Crippen MR) is 76.5 cm³/mol. The minimum absolute atomic E-state index is 0.293. The molecule has 1 rings (SSSR count). The molecule has 17 heavy (non-hydrogen) atoms. The Morgan fingerprint density at radius 1 is 1.06 bits per heavy atom. The molecule has 0 aliphatic carbocycles. The first-order chi connectivity index (χ1) is 7.74. The van der Waals surface area contributed by atoms with E-state index in [0.717, 1.165) is 0 Å². The van der Waals surface area contributed by atoms with E-state index in [4.69, 9.17) is 0 Å². The monoisotopic (exact) mass is 240 g/mol. The predicted octanol–water partition coefficient (Wildman–Crippen LogP) is 3.42. The molecule has 0 aromatic heterocycles. The van der Waals surface area contributed by atoms with E-state index in [1.165, 1.54) is 38.8 Å². The number of nitrogens with one attached hydrogen (secondary N) is 1. The number of nitrogens with zero attached hydrogens (tertiary/aromatic N) is 1. The van der Waals surface area contributed by atoms with Crippen molar-refractivity contribution in [1.82, 2.24) is 10.2 Å². The van der Waals surface area contributed by atoms with Crippen LogP contribution in [0.15, 0.2) is 0 Å². The van der Waals surface area contributed by atoms with Crippen molar-refractivity contribution < 1.29 is 0 Å². The molecule has 0 radical (unpaired) electrons. The minimum Gasteiger partial charge on any atom is -0.309 e. The average molecular weight is 240 g/mol. The molecule has 2 heteroatoms. The number of rotatable bonds is 3. The average Bonchev–Trinajstić information content (AvgIpc) is 2.42. The van der Waals surface area contributed by atoms with E-state index in [1.54, 1.807) is 0 Å². The lowest BCUT2D eigenvalue weighted by atomic mass is 9.98. The van der Waals surface area contributed by atoms with E-state index in [9.17, 15) is 0 Å². The fourth-order valence-electron chi connectivity index (χ4n) is 2.57. The van der Waals surface area contributed by atoms with Crippen LogP contribution in [0.25, 0.3) is 0 Å². The molecule has 1 atom stereocenters. The van der Waals surface area contributed by atoms with Crippen molar-refractivity contribution >= 4 is 0 Å². The van der Waals surface area contributed by atoms with E-state index in [1.807, 2.05) is 0 Å². The van der Waals surface area contributed by atoms with Gasteiger partial charge in [0.15, 0.2) is 0 Å². The first-order valence-corrected chi connectivity index (χ1v) is 7.27. The maximum Gasteiger partial charge on any atom is 0.0125 e. The quantitative estimate of drug-likeness (QED) is 0.813. The summed E-state index contributed by atoms with van der Waals surface area (Å²) in [5, 5.41) is 3.83. The van der Waals surface area contributed by atoms with Gasteiger partial charge < -0.3 is 5.32 Å². The Morgan fingerprint density at radius 3 is 2.24 bits per heavy atom. The standard InChI is InChI=1S/C15H32N2/c1-7-15(5,6)16-13-9-8-11-17(12-10-13)14(2,3)4/h13,16H,7-12H2,1-6H3. The van der Waals surface area contributed by atoms with E-state index in [-0.39, 0.29) is 0 Å². The van der Waals surface area contributed by atoms with Crippen LogP contribution in [0, 0.1) is 0 Å². The molecule has 0 aromatic carbocycles. The zero-order valence-electron chi connectivity index (χ0n) is 12.8. The molecule has 0 spiro atoms. The lowest BCUT2D eigenvalue weighted by Crippen LogP contribution is -2.46. The molecular formula is C15H32N2. The van der Waals surface area contributed by atoms with Crippen LogP contribution in [0.4, 0.5) is 0 Å². The van der Waals surface area contributed by atoms with Gasteiger partial charge in [-0.3, -0.25) is 4.90 Å². The molecule has 0 amide bonds. The van der Waals surface area contributed by atoms with Gasteiger partial charge in [-0.25, -0.2) is 0 Å². The number of hydrogen-bond donors (Lipinski definition) is 1. The van der Waals surface area contributed by atoms with Crippen molar-refractivity contribution in [2.24, 2.45) is 0 Å². The Balaban J connectivity index is 2.48. The molecule has 1 aliphatic rings. The molecule has 0 bridgehead atoms. The molecule has 1 fully saturated rings. The van der Waals surface area contributed by atoms with Crippen molar-refractivity contribution in [1.29, 1.82) is 0 Å². The van der Waals surface area contributed by atoms with Crippen LogP contribution < -0.4 is 5.32 Å². The summed E-state index contributed by atoms with van der Waals surface area (Å²) < 4.78 is 0. The van der Waals surface area contributed by atoms with Crippen LogP contribution in [0.5, 0.6) is 0 Å². The molecule has 2 nitrogen and oxygen atoms in total. The normalized spacial score (nSPS) is 24.7. The Hall–Kier alpha value is -0.0800. The SMILES string of the molecule is CCC(C)(C)NC1CCCN(C(C)(C)C)CC1.